The van der Waals surface area contributed by atoms with Gasteiger partial charge in [0.1, 0.15) is 5.75 Å². The number of piperidine rings is 1. The number of ether oxygens (including phenoxy) is 1. The summed E-state index contributed by atoms with van der Waals surface area (Å²) in [6.45, 7) is 6.07. The Morgan fingerprint density at radius 3 is 2.64 bits per heavy atom. The van der Waals surface area contributed by atoms with E-state index >= 15 is 0 Å². The van der Waals surface area contributed by atoms with Gasteiger partial charge in [-0.2, -0.15) is 0 Å². The Morgan fingerprint density at radius 1 is 1.25 bits per heavy atom. The molecule has 1 aliphatic heterocycles. The van der Waals surface area contributed by atoms with E-state index in [0.717, 1.165) is 16.8 Å². The van der Waals surface area contributed by atoms with Crippen LogP contribution in [0, 0.1) is 12.8 Å². The Kier molecular flexibility index (Phi) is 6.14. The van der Waals surface area contributed by atoms with Gasteiger partial charge in [-0.3, -0.25) is 9.59 Å². The lowest BCUT2D eigenvalue weighted by molar-refractivity contribution is -0.129. The van der Waals surface area contributed by atoms with Crippen LogP contribution in [0.3, 0.4) is 0 Å². The van der Waals surface area contributed by atoms with Gasteiger partial charge < -0.3 is 15.0 Å². The summed E-state index contributed by atoms with van der Waals surface area (Å²) in [5.41, 5.74) is 2.73. The van der Waals surface area contributed by atoms with Crippen LogP contribution >= 0.6 is 0 Å². The molecule has 0 radical (unpaired) electrons. The third kappa shape index (κ3) is 3.93. The van der Waals surface area contributed by atoms with Crippen molar-refractivity contribution in [3.05, 3.63) is 72.3 Å². The summed E-state index contributed by atoms with van der Waals surface area (Å²) in [6, 6.07) is 15.0. The van der Waals surface area contributed by atoms with Crippen molar-refractivity contribution in [3.8, 4) is 5.75 Å². The Balaban J connectivity index is 2.11. The van der Waals surface area contributed by atoms with Crippen molar-refractivity contribution in [2.45, 2.75) is 25.8 Å². The lowest BCUT2D eigenvalue weighted by Gasteiger charge is -2.41. The summed E-state index contributed by atoms with van der Waals surface area (Å²) in [5.74, 6) is 0.212. The number of nitrogens with zero attached hydrogens (tertiary/aromatic N) is 1. The van der Waals surface area contributed by atoms with Gasteiger partial charge in [0.15, 0.2) is 0 Å². The molecule has 3 rings (SSSR count). The molecule has 0 aromatic heterocycles. The number of benzene rings is 2. The molecule has 5 nitrogen and oxygen atoms in total. The highest BCUT2D eigenvalue weighted by atomic mass is 16.5. The maximum absolute atomic E-state index is 13.0. The van der Waals surface area contributed by atoms with Gasteiger partial charge in [0.25, 0.3) is 0 Å². The minimum atomic E-state index is -0.440. The third-order valence-electron chi connectivity index (χ3n) is 5.12. The topological polar surface area (TPSA) is 58.6 Å². The Bertz CT molecular complexity index is 860. The molecule has 146 valence electrons. The molecule has 1 aliphatic rings. The molecule has 2 aromatic carbocycles. The summed E-state index contributed by atoms with van der Waals surface area (Å²) in [5, 5.41) is 2.90. The highest BCUT2D eigenvalue weighted by Crippen LogP contribution is 2.43. The third-order valence-corrected chi connectivity index (χ3v) is 5.12. The Hall–Kier alpha value is -3.08. The quantitative estimate of drug-likeness (QED) is 0.778. The van der Waals surface area contributed by atoms with Gasteiger partial charge in [-0.1, -0.05) is 42.0 Å². The molecular weight excluding hydrogens is 352 g/mol. The number of hydrogen-bond donors (Lipinski definition) is 1. The van der Waals surface area contributed by atoms with Crippen molar-refractivity contribution >= 4 is 17.5 Å². The van der Waals surface area contributed by atoms with E-state index in [1.807, 2.05) is 55.5 Å². The number of amides is 2. The lowest BCUT2D eigenvalue weighted by atomic mass is 9.82. The van der Waals surface area contributed by atoms with E-state index < -0.39 is 6.04 Å². The van der Waals surface area contributed by atoms with Crippen LogP contribution in [-0.2, 0) is 9.59 Å². The molecule has 2 aromatic rings. The van der Waals surface area contributed by atoms with Crippen LogP contribution in [0.4, 0.5) is 5.69 Å². The maximum Gasteiger partial charge on any atom is 0.227 e. The second kappa shape index (κ2) is 8.74. The number of aryl methyl sites for hydroxylation is 1. The van der Waals surface area contributed by atoms with Gasteiger partial charge in [0, 0.05) is 24.2 Å². The second-order valence-electron chi connectivity index (χ2n) is 6.97. The molecule has 1 N–H and O–H groups in total. The minimum Gasteiger partial charge on any atom is -0.496 e. The summed E-state index contributed by atoms with van der Waals surface area (Å²) in [7, 11) is 1.60. The highest BCUT2D eigenvalue weighted by molar-refractivity contribution is 5.97. The van der Waals surface area contributed by atoms with Gasteiger partial charge in [-0.15, -0.1) is 6.58 Å². The van der Waals surface area contributed by atoms with E-state index in [1.54, 1.807) is 18.1 Å². The minimum absolute atomic E-state index is 0.00697. The first-order valence-electron chi connectivity index (χ1n) is 9.47. The fraction of sp³-hybridized carbons (Fsp3) is 0.304. The van der Waals surface area contributed by atoms with Crippen molar-refractivity contribution < 1.29 is 14.3 Å². The number of hydrogen-bond acceptors (Lipinski definition) is 3. The Morgan fingerprint density at radius 2 is 1.96 bits per heavy atom. The molecule has 0 bridgehead atoms. The average molecular weight is 378 g/mol. The molecule has 2 atom stereocenters. The van der Waals surface area contributed by atoms with Crippen LogP contribution in [0.2, 0.25) is 0 Å². The SMILES string of the molecule is C=CCNC(=O)C1CCC(=O)N(c2ccc(C)cc2)C1c1ccccc1OC. The van der Waals surface area contributed by atoms with Crippen LogP contribution in [0.1, 0.15) is 30.0 Å². The van der Waals surface area contributed by atoms with Crippen molar-refractivity contribution in [2.75, 3.05) is 18.6 Å². The summed E-state index contributed by atoms with van der Waals surface area (Å²) in [6.07, 6.45) is 2.47. The molecule has 1 saturated heterocycles. The molecule has 1 heterocycles. The van der Waals surface area contributed by atoms with E-state index in [2.05, 4.69) is 11.9 Å². The standard InChI is InChI=1S/C23H26N2O3/c1-4-15-24-23(27)19-13-14-21(26)25(17-11-9-16(2)10-12-17)22(19)18-7-5-6-8-20(18)28-3/h4-12,19,22H,1,13-15H2,2-3H3,(H,24,27). The highest BCUT2D eigenvalue weighted by Gasteiger charge is 2.42. The van der Waals surface area contributed by atoms with Crippen LogP contribution in [0.5, 0.6) is 5.75 Å². The van der Waals surface area contributed by atoms with E-state index in [9.17, 15) is 9.59 Å². The molecule has 1 fully saturated rings. The van der Waals surface area contributed by atoms with Crippen LogP contribution < -0.4 is 15.0 Å². The van der Waals surface area contributed by atoms with Gasteiger partial charge in [0.05, 0.1) is 19.1 Å². The van der Waals surface area contributed by atoms with Gasteiger partial charge in [-0.25, -0.2) is 0 Å². The largest absolute Gasteiger partial charge is 0.496 e. The van der Waals surface area contributed by atoms with E-state index in [0.29, 0.717) is 25.1 Å². The second-order valence-corrected chi connectivity index (χ2v) is 6.97. The number of para-hydroxylation sites is 1. The zero-order valence-corrected chi connectivity index (χ0v) is 16.4. The van der Waals surface area contributed by atoms with E-state index in [4.69, 9.17) is 4.74 Å². The predicted octanol–water partition coefficient (Wildman–Crippen LogP) is 3.79. The first kappa shape index (κ1) is 19.7. The molecule has 0 saturated carbocycles. The maximum atomic E-state index is 13.0. The smallest absolute Gasteiger partial charge is 0.227 e. The number of anilines is 1. The van der Waals surface area contributed by atoms with Crippen molar-refractivity contribution in [1.82, 2.24) is 5.32 Å². The van der Waals surface area contributed by atoms with Crippen molar-refractivity contribution in [3.63, 3.8) is 0 Å². The average Bonchev–Trinajstić information content (AvgIpc) is 2.72. The molecule has 2 amide bonds. The van der Waals surface area contributed by atoms with Crippen molar-refractivity contribution in [1.29, 1.82) is 0 Å². The Labute approximate surface area is 166 Å². The number of methoxy groups -OCH3 is 1. The number of carbonyl (C=O) groups is 2. The molecule has 0 spiro atoms. The van der Waals surface area contributed by atoms with Gasteiger partial charge >= 0.3 is 0 Å². The first-order chi connectivity index (χ1) is 13.6. The molecule has 2 unspecified atom stereocenters. The van der Waals surface area contributed by atoms with E-state index in [1.165, 1.54) is 0 Å². The zero-order valence-electron chi connectivity index (χ0n) is 16.4. The summed E-state index contributed by atoms with van der Waals surface area (Å²) >= 11 is 0. The monoisotopic (exact) mass is 378 g/mol. The van der Waals surface area contributed by atoms with Gasteiger partial charge in [0.2, 0.25) is 11.8 Å². The number of rotatable bonds is 6. The molecule has 28 heavy (non-hydrogen) atoms. The van der Waals surface area contributed by atoms with Crippen LogP contribution in [-0.4, -0.2) is 25.5 Å². The zero-order chi connectivity index (χ0) is 20.1. The lowest BCUT2D eigenvalue weighted by Crippen LogP contribution is -2.48. The fourth-order valence-electron chi connectivity index (χ4n) is 3.75. The summed E-state index contributed by atoms with van der Waals surface area (Å²) in [4.78, 5) is 27.7. The van der Waals surface area contributed by atoms with Crippen LogP contribution in [0.15, 0.2) is 61.2 Å². The summed E-state index contributed by atoms with van der Waals surface area (Å²) < 4.78 is 5.56. The van der Waals surface area contributed by atoms with Gasteiger partial charge in [-0.05, 0) is 31.5 Å². The molecule has 5 heteroatoms. The number of carbonyl (C=O) groups excluding carboxylic acids is 2. The number of nitrogens with one attached hydrogen (secondary N) is 1. The van der Waals surface area contributed by atoms with Crippen LogP contribution in [0.25, 0.3) is 0 Å². The molecular formula is C23H26N2O3. The molecule has 0 aliphatic carbocycles. The van der Waals surface area contributed by atoms with Crippen molar-refractivity contribution in [2.24, 2.45) is 5.92 Å². The predicted molar refractivity (Wildman–Crippen MR) is 110 cm³/mol. The van der Waals surface area contributed by atoms with E-state index in [-0.39, 0.29) is 17.7 Å². The fourth-order valence-corrected chi connectivity index (χ4v) is 3.75. The normalized spacial score (nSPS) is 19.2. The first-order valence-corrected chi connectivity index (χ1v) is 9.47.